The Kier molecular flexibility index (Phi) is 16.8. The molecule has 4 atom stereocenters. The maximum Gasteiger partial charge on any atom is 0.224 e. The number of anilines is 4. The molecule has 2 aliphatic carbocycles. The van der Waals surface area contributed by atoms with Gasteiger partial charge in [-0.1, -0.05) is 27.0 Å². The first-order valence-corrected chi connectivity index (χ1v) is 21.0. The van der Waals surface area contributed by atoms with Gasteiger partial charge in [0.2, 0.25) is 5.91 Å². The van der Waals surface area contributed by atoms with Gasteiger partial charge in [-0.3, -0.25) is 4.79 Å². The molecule has 6 rings (SSSR count). The fraction of sp³-hybridized carbons (Fsp3) is 0.523. The van der Waals surface area contributed by atoms with Crippen molar-refractivity contribution in [1.82, 2.24) is 9.80 Å². The SMILES string of the molecule is C.C.CCN(CC)C1=CC2Sc3cc(N(CC)CC)ccc3N(C(C)=O)C2C=C1.CCN(CC)C1=CC2Sc3cc(N(CC)CC)ccc3NC2C=C1. The highest BCUT2D eigenvalue weighted by Crippen LogP contribution is 2.46. The molecule has 4 aliphatic rings. The second-order valence-corrected chi connectivity index (χ2v) is 15.6. The summed E-state index contributed by atoms with van der Waals surface area (Å²) in [6.07, 6.45) is 13.8. The van der Waals surface area contributed by atoms with Gasteiger partial charge in [0.25, 0.3) is 0 Å². The summed E-state index contributed by atoms with van der Waals surface area (Å²) in [5.74, 6) is 0.103. The van der Waals surface area contributed by atoms with Crippen molar-refractivity contribution in [3.05, 3.63) is 84.2 Å². The molecule has 0 bridgehead atoms. The van der Waals surface area contributed by atoms with E-state index in [-0.39, 0.29) is 32.1 Å². The number of hydrogen-bond acceptors (Lipinski definition) is 8. The minimum atomic E-state index is 0. The molecule has 2 aromatic rings. The summed E-state index contributed by atoms with van der Waals surface area (Å²) in [7, 11) is 0. The zero-order valence-corrected chi connectivity index (χ0v) is 34.0. The Hall–Kier alpha value is -3.43. The molecule has 53 heavy (non-hydrogen) atoms. The number of hydrogen-bond donors (Lipinski definition) is 1. The molecule has 0 spiro atoms. The van der Waals surface area contributed by atoms with Gasteiger partial charge in [0.1, 0.15) is 0 Å². The number of carbonyl (C=O) groups excluding carboxylic acids is 1. The quantitative estimate of drug-likeness (QED) is 0.230. The van der Waals surface area contributed by atoms with Crippen LogP contribution in [0.25, 0.3) is 0 Å². The van der Waals surface area contributed by atoms with E-state index in [1.54, 1.807) is 6.92 Å². The van der Waals surface area contributed by atoms with Crippen LogP contribution in [0.5, 0.6) is 0 Å². The van der Waals surface area contributed by atoms with Gasteiger partial charge in [0.05, 0.1) is 28.3 Å². The third kappa shape index (κ3) is 9.63. The molecule has 0 fully saturated rings. The first-order chi connectivity index (χ1) is 24.7. The normalized spacial score (nSPS) is 20.2. The van der Waals surface area contributed by atoms with Gasteiger partial charge in [0, 0.05) is 97.5 Å². The zero-order chi connectivity index (χ0) is 36.7. The van der Waals surface area contributed by atoms with Crippen LogP contribution in [0.2, 0.25) is 0 Å². The Balaban J connectivity index is 0.000000277. The Morgan fingerprint density at radius 1 is 0.642 bits per heavy atom. The smallest absolute Gasteiger partial charge is 0.224 e. The average molecular weight is 761 g/mol. The lowest BCUT2D eigenvalue weighted by Crippen LogP contribution is -2.47. The number of likely N-dealkylation sites (N-methyl/N-ethyl adjacent to an activating group) is 2. The third-order valence-electron chi connectivity index (χ3n) is 10.5. The summed E-state index contributed by atoms with van der Waals surface area (Å²) in [5, 5.41) is 4.41. The van der Waals surface area contributed by atoms with E-state index in [0.717, 1.165) is 58.0 Å². The molecule has 2 heterocycles. The van der Waals surface area contributed by atoms with Crippen molar-refractivity contribution in [3.63, 3.8) is 0 Å². The molecule has 9 heteroatoms. The number of carbonyl (C=O) groups is 1. The van der Waals surface area contributed by atoms with Crippen LogP contribution in [0.4, 0.5) is 22.7 Å². The van der Waals surface area contributed by atoms with Gasteiger partial charge in [-0.15, -0.1) is 23.5 Å². The molecular formula is C44H68N6OS2. The molecule has 1 N–H and O–H groups in total. The second kappa shape index (κ2) is 20.3. The van der Waals surface area contributed by atoms with Gasteiger partial charge < -0.3 is 29.8 Å². The Morgan fingerprint density at radius 3 is 1.64 bits per heavy atom. The van der Waals surface area contributed by atoms with E-state index in [0.29, 0.717) is 11.3 Å². The van der Waals surface area contributed by atoms with Crippen molar-refractivity contribution >= 4 is 52.2 Å². The van der Waals surface area contributed by atoms with Crippen molar-refractivity contribution in [1.29, 1.82) is 0 Å². The fourth-order valence-electron chi connectivity index (χ4n) is 7.55. The number of amides is 1. The lowest BCUT2D eigenvalue weighted by Gasteiger charge is -2.42. The predicted molar refractivity (Wildman–Crippen MR) is 237 cm³/mol. The largest absolute Gasteiger partial charge is 0.376 e. The average Bonchev–Trinajstić information content (AvgIpc) is 3.15. The lowest BCUT2D eigenvalue weighted by atomic mass is 10.0. The minimum absolute atomic E-state index is 0. The maximum absolute atomic E-state index is 12.5. The van der Waals surface area contributed by atoms with Gasteiger partial charge in [0.15, 0.2) is 0 Å². The van der Waals surface area contributed by atoms with Crippen LogP contribution in [-0.2, 0) is 4.79 Å². The van der Waals surface area contributed by atoms with Gasteiger partial charge in [-0.05, 0) is 116 Å². The van der Waals surface area contributed by atoms with E-state index >= 15 is 0 Å². The van der Waals surface area contributed by atoms with E-state index in [2.05, 4.69) is 153 Å². The molecule has 2 aliphatic heterocycles. The van der Waals surface area contributed by atoms with Crippen LogP contribution < -0.4 is 20.0 Å². The van der Waals surface area contributed by atoms with Crippen molar-refractivity contribution in [2.24, 2.45) is 0 Å². The van der Waals surface area contributed by atoms with E-state index in [4.69, 9.17) is 0 Å². The number of rotatable bonds is 12. The van der Waals surface area contributed by atoms with Crippen LogP contribution in [0.1, 0.15) is 77.2 Å². The first kappa shape index (κ1) is 44.0. The van der Waals surface area contributed by atoms with Crippen molar-refractivity contribution in [2.45, 2.75) is 110 Å². The summed E-state index contributed by atoms with van der Waals surface area (Å²) in [6, 6.07) is 13.8. The number of thioether (sulfide) groups is 2. The highest BCUT2D eigenvalue weighted by atomic mass is 32.2. The summed E-state index contributed by atoms with van der Waals surface area (Å²) >= 11 is 3.87. The molecule has 1 amide bonds. The predicted octanol–water partition coefficient (Wildman–Crippen LogP) is 10.4. The molecule has 0 radical (unpaired) electrons. The van der Waals surface area contributed by atoms with Gasteiger partial charge in [-0.2, -0.15) is 0 Å². The molecular weight excluding hydrogens is 693 g/mol. The highest BCUT2D eigenvalue weighted by Gasteiger charge is 2.37. The summed E-state index contributed by atoms with van der Waals surface area (Å²) < 4.78 is 0. The number of nitrogens with zero attached hydrogens (tertiary/aromatic N) is 5. The Morgan fingerprint density at radius 2 is 1.11 bits per heavy atom. The zero-order valence-electron chi connectivity index (χ0n) is 32.4. The number of benzene rings is 2. The van der Waals surface area contributed by atoms with Crippen LogP contribution in [0.3, 0.4) is 0 Å². The summed E-state index contributed by atoms with van der Waals surface area (Å²) in [4.78, 5) is 26.6. The van der Waals surface area contributed by atoms with Crippen LogP contribution in [0.15, 0.2) is 94.0 Å². The molecule has 0 saturated carbocycles. The van der Waals surface area contributed by atoms with Crippen molar-refractivity contribution in [3.8, 4) is 0 Å². The van der Waals surface area contributed by atoms with Crippen molar-refractivity contribution in [2.75, 3.05) is 72.4 Å². The number of fused-ring (bicyclic) bond motifs is 4. The third-order valence-corrected chi connectivity index (χ3v) is 13.0. The molecule has 2 aromatic carbocycles. The number of nitrogens with one attached hydrogen (secondary N) is 1. The number of allylic oxidation sites excluding steroid dienone is 2. The Bertz CT molecular complexity index is 1620. The van der Waals surface area contributed by atoms with E-state index in [1.807, 2.05) is 28.4 Å². The minimum Gasteiger partial charge on any atom is -0.376 e. The molecule has 4 unspecified atom stereocenters. The van der Waals surface area contributed by atoms with Crippen molar-refractivity contribution < 1.29 is 4.79 Å². The van der Waals surface area contributed by atoms with E-state index in [1.165, 1.54) is 38.2 Å². The maximum atomic E-state index is 12.5. The second-order valence-electron chi connectivity index (χ2n) is 13.1. The van der Waals surface area contributed by atoms with Crippen LogP contribution in [-0.4, -0.2) is 90.6 Å². The highest BCUT2D eigenvalue weighted by molar-refractivity contribution is 8.00. The van der Waals surface area contributed by atoms with Crippen LogP contribution >= 0.6 is 23.5 Å². The topological polar surface area (TPSA) is 45.3 Å². The van der Waals surface area contributed by atoms with E-state index < -0.39 is 0 Å². The standard InChI is InChI=1S/C22H31N3OS.C20H29N3S.2CH4/c1-6-23(7-2)17-10-12-19-21(14-17)27-22-15-18(24(8-3)9-4)11-13-20(22)25(19)16(5)26;1-5-22(6-2)15-9-11-17-19(13-15)24-20-14-16(23(7-3)8-4)10-12-18(20)21-17;;/h10-15,19,21H,6-9H2,1-5H3;9-14,17,19,21H,5-8H2,1-4H3;2*1H4. The molecule has 7 nitrogen and oxygen atoms in total. The first-order valence-electron chi connectivity index (χ1n) is 19.2. The van der Waals surface area contributed by atoms with Gasteiger partial charge in [-0.25, -0.2) is 0 Å². The monoisotopic (exact) mass is 760 g/mol. The fourth-order valence-corrected chi connectivity index (χ4v) is 10.1. The lowest BCUT2D eigenvalue weighted by molar-refractivity contribution is -0.116. The summed E-state index contributed by atoms with van der Waals surface area (Å²) in [5.41, 5.74) is 7.48. The molecule has 0 saturated heterocycles. The molecule has 292 valence electrons. The summed E-state index contributed by atoms with van der Waals surface area (Å²) in [6.45, 7) is 27.5. The van der Waals surface area contributed by atoms with Gasteiger partial charge >= 0.3 is 0 Å². The van der Waals surface area contributed by atoms with Crippen LogP contribution in [0, 0.1) is 0 Å². The molecule has 0 aromatic heterocycles. The van der Waals surface area contributed by atoms with E-state index in [9.17, 15) is 4.79 Å². The Labute approximate surface area is 331 Å².